The van der Waals surface area contributed by atoms with Crippen molar-refractivity contribution in [2.45, 2.75) is 71.9 Å². The molecule has 0 unspecified atom stereocenters. The van der Waals surface area contributed by atoms with Crippen LogP contribution in [0.25, 0.3) is 0 Å². The van der Waals surface area contributed by atoms with Crippen LogP contribution in [0, 0.1) is 11.3 Å². The van der Waals surface area contributed by atoms with Gasteiger partial charge in [0.25, 0.3) is 0 Å². The number of carbonyl (C=O) groups is 3. The Bertz CT molecular complexity index is 866. The first-order valence-corrected chi connectivity index (χ1v) is 12.9. The van der Waals surface area contributed by atoms with Gasteiger partial charge in [0, 0.05) is 16.5 Å². The Balaban J connectivity index is 2.20. The van der Waals surface area contributed by atoms with Crippen LogP contribution in [-0.2, 0) is 20.8 Å². The van der Waals surface area contributed by atoms with E-state index in [0.717, 1.165) is 12.8 Å². The summed E-state index contributed by atoms with van der Waals surface area (Å²) in [5.41, 5.74) is -0.567. The number of hydroxylamine groups is 2. The van der Waals surface area contributed by atoms with Gasteiger partial charge in [0.1, 0.15) is 6.04 Å². The third kappa shape index (κ3) is 8.21. The minimum Gasteiger partial charge on any atom is -0.343 e. The van der Waals surface area contributed by atoms with Gasteiger partial charge in [0.15, 0.2) is 5.13 Å². The Hall–Kier alpha value is -2.30. The van der Waals surface area contributed by atoms with Gasteiger partial charge in [-0.15, -0.1) is 22.7 Å². The minimum atomic E-state index is -0.820. The lowest BCUT2D eigenvalue weighted by Gasteiger charge is -2.34. The van der Waals surface area contributed by atoms with Gasteiger partial charge in [-0.1, -0.05) is 40.2 Å². The summed E-state index contributed by atoms with van der Waals surface area (Å²) in [7, 11) is 0. The number of amides is 3. The molecule has 2 aromatic heterocycles. The average molecular weight is 495 g/mol. The maximum atomic E-state index is 13.5. The summed E-state index contributed by atoms with van der Waals surface area (Å²) in [6, 6.07) is 2.55. The van der Waals surface area contributed by atoms with Crippen molar-refractivity contribution in [3.05, 3.63) is 34.0 Å². The van der Waals surface area contributed by atoms with Crippen LogP contribution in [0.4, 0.5) is 5.13 Å². The topological polar surface area (TPSA) is 112 Å². The molecule has 0 fully saturated rings. The second-order valence-corrected chi connectivity index (χ2v) is 11.0. The second-order valence-electron chi connectivity index (χ2n) is 9.05. The van der Waals surface area contributed by atoms with Crippen LogP contribution in [0.5, 0.6) is 0 Å². The summed E-state index contributed by atoms with van der Waals surface area (Å²) in [6.07, 6.45) is 5.10. The molecular weight excluding hydrogens is 460 g/mol. The van der Waals surface area contributed by atoms with Crippen LogP contribution in [-0.4, -0.2) is 45.6 Å². The van der Waals surface area contributed by atoms with E-state index in [0.29, 0.717) is 35.9 Å². The zero-order chi connectivity index (χ0) is 24.4. The molecule has 0 radical (unpaired) electrons. The highest BCUT2D eigenvalue weighted by atomic mass is 32.1. The highest BCUT2D eigenvalue weighted by molar-refractivity contribution is 7.13. The number of thiophene rings is 1. The molecule has 3 amide bonds. The van der Waals surface area contributed by atoms with E-state index in [2.05, 4.69) is 15.6 Å². The zero-order valence-electron chi connectivity index (χ0n) is 19.6. The van der Waals surface area contributed by atoms with Gasteiger partial charge >= 0.3 is 0 Å². The van der Waals surface area contributed by atoms with Gasteiger partial charge in [-0.3, -0.25) is 19.6 Å². The number of hydrogen-bond acceptors (Lipinski definition) is 7. The fourth-order valence-corrected chi connectivity index (χ4v) is 5.01. The number of carbonyl (C=O) groups excluding carboxylic acids is 3. The SMILES string of the molecule is CCC[C@@H]([C@@H](CCCc1cccs1)C(=O)N[C@H](C(=O)Nc1nccs1)C(C)(C)C)N(O)C=O. The number of rotatable bonds is 13. The monoisotopic (exact) mass is 494 g/mol. The zero-order valence-corrected chi connectivity index (χ0v) is 21.2. The Morgan fingerprint density at radius 3 is 2.52 bits per heavy atom. The number of nitrogens with one attached hydrogen (secondary N) is 2. The number of anilines is 1. The van der Waals surface area contributed by atoms with Gasteiger partial charge in [-0.05, 0) is 42.5 Å². The summed E-state index contributed by atoms with van der Waals surface area (Å²) < 4.78 is 0. The summed E-state index contributed by atoms with van der Waals surface area (Å²) >= 11 is 2.96. The Kier molecular flexibility index (Phi) is 10.5. The number of nitrogens with zero attached hydrogens (tertiary/aromatic N) is 2. The number of aromatic nitrogens is 1. The highest BCUT2D eigenvalue weighted by Gasteiger charge is 2.38. The molecule has 0 bridgehead atoms. The fourth-order valence-electron chi connectivity index (χ4n) is 3.73. The summed E-state index contributed by atoms with van der Waals surface area (Å²) in [5.74, 6) is -1.36. The highest BCUT2D eigenvalue weighted by Crippen LogP contribution is 2.26. The van der Waals surface area contributed by atoms with Crippen LogP contribution in [0.1, 0.15) is 58.3 Å². The molecule has 0 spiro atoms. The fraction of sp³-hybridized carbons (Fsp3) is 0.565. The molecule has 8 nitrogen and oxygen atoms in total. The Morgan fingerprint density at radius 2 is 1.97 bits per heavy atom. The number of hydrogen-bond donors (Lipinski definition) is 3. The lowest BCUT2D eigenvalue weighted by Crippen LogP contribution is -2.55. The molecule has 3 N–H and O–H groups in total. The number of aryl methyl sites for hydroxylation is 1. The summed E-state index contributed by atoms with van der Waals surface area (Å²) in [5, 5.41) is 20.7. The predicted octanol–water partition coefficient (Wildman–Crippen LogP) is 4.33. The summed E-state index contributed by atoms with van der Waals surface area (Å²) in [6.45, 7) is 7.56. The molecule has 3 atom stereocenters. The maximum absolute atomic E-state index is 13.5. The van der Waals surface area contributed by atoms with Crippen LogP contribution in [0.2, 0.25) is 0 Å². The molecule has 0 saturated carbocycles. The smallest absolute Gasteiger partial charge is 0.249 e. The second kappa shape index (κ2) is 12.8. The quantitative estimate of drug-likeness (QED) is 0.218. The molecule has 0 aliphatic rings. The van der Waals surface area contributed by atoms with E-state index >= 15 is 0 Å². The van der Waals surface area contributed by atoms with Gasteiger partial charge < -0.3 is 10.6 Å². The standard InChI is InChI=1S/C23H34N4O4S2/c1-5-8-18(27(31)15-28)17(11-6-9-16-10-7-13-32-16)20(29)25-19(23(2,3)4)21(30)26-22-24-12-14-33-22/h7,10,12-15,17-19,31H,5-6,8-9,11H2,1-4H3,(H,25,29)(H,24,26,30)/t17-,18+,19-/m1/s1. The van der Waals surface area contributed by atoms with E-state index < -0.39 is 23.4 Å². The molecule has 2 rings (SSSR count). The molecule has 0 aromatic carbocycles. The first-order chi connectivity index (χ1) is 15.7. The molecule has 182 valence electrons. The predicted molar refractivity (Wildman–Crippen MR) is 131 cm³/mol. The van der Waals surface area contributed by atoms with E-state index in [4.69, 9.17) is 0 Å². The summed E-state index contributed by atoms with van der Waals surface area (Å²) in [4.78, 5) is 43.1. The normalized spacial score (nSPS) is 14.2. The third-order valence-electron chi connectivity index (χ3n) is 5.43. The van der Waals surface area contributed by atoms with Gasteiger partial charge in [-0.25, -0.2) is 10.0 Å². The van der Waals surface area contributed by atoms with Crippen LogP contribution >= 0.6 is 22.7 Å². The van der Waals surface area contributed by atoms with E-state index in [1.165, 1.54) is 16.2 Å². The molecule has 33 heavy (non-hydrogen) atoms. The number of thiazole rings is 1. The molecule has 2 aromatic rings. The van der Waals surface area contributed by atoms with Gasteiger partial charge in [-0.2, -0.15) is 0 Å². The van der Waals surface area contributed by atoms with Crippen molar-refractivity contribution in [2.75, 3.05) is 5.32 Å². The van der Waals surface area contributed by atoms with Crippen molar-refractivity contribution in [3.8, 4) is 0 Å². The van der Waals surface area contributed by atoms with Crippen molar-refractivity contribution in [3.63, 3.8) is 0 Å². The largest absolute Gasteiger partial charge is 0.343 e. The first kappa shape index (κ1) is 26.9. The van der Waals surface area contributed by atoms with Crippen molar-refractivity contribution < 1.29 is 19.6 Å². The van der Waals surface area contributed by atoms with Crippen LogP contribution < -0.4 is 10.6 Å². The van der Waals surface area contributed by atoms with E-state index in [1.807, 2.05) is 45.2 Å². The molecule has 10 heteroatoms. The lowest BCUT2D eigenvalue weighted by atomic mass is 9.84. The molecule has 2 heterocycles. The Morgan fingerprint density at radius 1 is 1.21 bits per heavy atom. The molecular formula is C23H34N4O4S2. The molecule has 0 aliphatic heterocycles. The van der Waals surface area contributed by atoms with E-state index in [-0.39, 0.29) is 11.8 Å². The Labute approximate surface area is 203 Å². The van der Waals surface area contributed by atoms with Crippen molar-refractivity contribution in [1.29, 1.82) is 0 Å². The third-order valence-corrected chi connectivity index (χ3v) is 7.05. The van der Waals surface area contributed by atoms with Crippen LogP contribution in [0.15, 0.2) is 29.1 Å². The lowest BCUT2D eigenvalue weighted by molar-refractivity contribution is -0.169. The van der Waals surface area contributed by atoms with Gasteiger partial charge in [0.2, 0.25) is 18.2 Å². The molecule has 0 saturated heterocycles. The molecule has 0 aliphatic carbocycles. The maximum Gasteiger partial charge on any atom is 0.249 e. The van der Waals surface area contributed by atoms with Crippen LogP contribution in [0.3, 0.4) is 0 Å². The van der Waals surface area contributed by atoms with Crippen molar-refractivity contribution in [2.24, 2.45) is 11.3 Å². The van der Waals surface area contributed by atoms with E-state index in [9.17, 15) is 19.6 Å². The van der Waals surface area contributed by atoms with Crippen molar-refractivity contribution >= 4 is 46.0 Å². The minimum absolute atomic E-state index is 0.344. The van der Waals surface area contributed by atoms with Crippen molar-refractivity contribution in [1.82, 2.24) is 15.4 Å². The average Bonchev–Trinajstić information content (AvgIpc) is 3.46. The first-order valence-electron chi connectivity index (χ1n) is 11.1. The van der Waals surface area contributed by atoms with Gasteiger partial charge in [0.05, 0.1) is 12.0 Å². The van der Waals surface area contributed by atoms with E-state index in [1.54, 1.807) is 22.9 Å².